The Morgan fingerprint density at radius 1 is 1.11 bits per heavy atom. The van der Waals surface area contributed by atoms with Crippen molar-refractivity contribution in [2.45, 2.75) is 83.7 Å². The Bertz CT molecular complexity index is 1400. The number of piperazine rings is 1. The number of carbonyl (C=O) groups is 2. The molecule has 1 aromatic heterocycles. The van der Waals surface area contributed by atoms with Gasteiger partial charge in [-0.1, -0.05) is 19.9 Å². The molecule has 8 nitrogen and oxygen atoms in total. The van der Waals surface area contributed by atoms with E-state index in [1.54, 1.807) is 16.0 Å². The Hall–Kier alpha value is -3.18. The number of likely N-dealkylation sites (tertiary alicyclic amines) is 1. The van der Waals surface area contributed by atoms with Gasteiger partial charge in [-0.15, -0.1) is 0 Å². The maximum absolute atomic E-state index is 14.4. The highest BCUT2D eigenvalue weighted by molar-refractivity contribution is 5.97. The van der Waals surface area contributed by atoms with Crippen LogP contribution < -0.4 is 4.90 Å². The molecule has 3 aliphatic rings. The van der Waals surface area contributed by atoms with Crippen molar-refractivity contribution in [1.82, 2.24) is 19.7 Å². The van der Waals surface area contributed by atoms with E-state index in [1.165, 1.54) is 12.1 Å². The number of anilines is 1. The van der Waals surface area contributed by atoms with Crippen LogP contribution in [0.25, 0.3) is 0 Å². The number of hydrogen-bond acceptors (Lipinski definition) is 6. The molecule has 2 aromatic rings. The zero-order chi connectivity index (χ0) is 32.0. The van der Waals surface area contributed by atoms with Gasteiger partial charge in [0.05, 0.1) is 17.9 Å². The zero-order valence-corrected chi connectivity index (χ0v) is 26.6. The lowest BCUT2D eigenvalue weighted by molar-refractivity contribution is -0.121. The third-order valence-corrected chi connectivity index (χ3v) is 8.72. The summed E-state index contributed by atoms with van der Waals surface area (Å²) in [6, 6.07) is 5.02. The lowest BCUT2D eigenvalue weighted by Gasteiger charge is -2.46. The standard InChI is InChI=1S/C33H44F3N5O3/c1-21-15-39(26(17-38-10-9-25(35)16-38)18-40(21)31(43)44-32(2,3)4)19-29(42)41-20-33(5,6)30-28(41)12-22(14-37-30)11-23-7-8-24(34)13-27(23)36/h7-8,12-14,21,25-26H,9-11,15-20H2,1-6H3/t21-,25?,26+/m1/s1. The van der Waals surface area contributed by atoms with E-state index < -0.39 is 34.9 Å². The topological polar surface area (TPSA) is 69.2 Å². The van der Waals surface area contributed by atoms with E-state index in [-0.39, 0.29) is 31.0 Å². The normalized spacial score (nSPS) is 24.1. The van der Waals surface area contributed by atoms with Crippen molar-refractivity contribution in [2.75, 3.05) is 50.7 Å². The molecule has 4 heterocycles. The molecule has 11 heteroatoms. The van der Waals surface area contributed by atoms with Crippen molar-refractivity contribution in [3.63, 3.8) is 0 Å². The predicted octanol–water partition coefficient (Wildman–Crippen LogP) is 4.93. The molecule has 2 fully saturated rings. The van der Waals surface area contributed by atoms with Crippen molar-refractivity contribution in [3.05, 3.63) is 58.9 Å². The predicted molar refractivity (Wildman–Crippen MR) is 162 cm³/mol. The van der Waals surface area contributed by atoms with Crippen LogP contribution in [-0.2, 0) is 21.4 Å². The number of hydrogen-bond donors (Lipinski definition) is 0. The highest BCUT2D eigenvalue weighted by Gasteiger charge is 2.43. The largest absolute Gasteiger partial charge is 0.444 e. The summed E-state index contributed by atoms with van der Waals surface area (Å²) in [4.78, 5) is 39.5. The molecule has 2 amide bonds. The smallest absolute Gasteiger partial charge is 0.410 e. The molecule has 5 rings (SSSR count). The summed E-state index contributed by atoms with van der Waals surface area (Å²) in [5.41, 5.74) is 1.52. The van der Waals surface area contributed by atoms with E-state index in [0.717, 1.165) is 17.3 Å². The molecule has 0 radical (unpaired) electrons. The van der Waals surface area contributed by atoms with Crippen molar-refractivity contribution in [3.8, 4) is 0 Å². The van der Waals surface area contributed by atoms with Gasteiger partial charge in [-0.25, -0.2) is 18.0 Å². The number of nitrogens with zero attached hydrogens (tertiary/aromatic N) is 5. The van der Waals surface area contributed by atoms with Gasteiger partial charge in [0.15, 0.2) is 0 Å². The van der Waals surface area contributed by atoms with Gasteiger partial charge in [0.2, 0.25) is 5.91 Å². The number of amides is 2. The maximum Gasteiger partial charge on any atom is 0.410 e. The first-order valence-corrected chi connectivity index (χ1v) is 15.4. The summed E-state index contributed by atoms with van der Waals surface area (Å²) in [6.45, 7) is 14.4. The molecular weight excluding hydrogens is 571 g/mol. The van der Waals surface area contributed by atoms with Gasteiger partial charge in [-0.3, -0.25) is 19.6 Å². The third kappa shape index (κ3) is 7.20. The number of fused-ring (bicyclic) bond motifs is 1. The van der Waals surface area contributed by atoms with Crippen LogP contribution in [0.2, 0.25) is 0 Å². The van der Waals surface area contributed by atoms with Gasteiger partial charge in [0.1, 0.15) is 23.4 Å². The minimum atomic E-state index is -0.872. The highest BCUT2D eigenvalue weighted by atomic mass is 19.1. The summed E-state index contributed by atoms with van der Waals surface area (Å²) in [7, 11) is 0. The SMILES string of the molecule is C[C@@H]1CN(CC(=O)N2CC(C)(C)c3ncc(Cc4ccc(F)cc4F)cc32)[C@@H](CN2CCC(F)C2)CN1C(=O)OC(C)(C)C. The van der Waals surface area contributed by atoms with E-state index in [0.29, 0.717) is 56.9 Å². The Labute approximate surface area is 258 Å². The van der Waals surface area contributed by atoms with Crippen LogP contribution in [0, 0.1) is 11.6 Å². The van der Waals surface area contributed by atoms with Crippen molar-refractivity contribution in [1.29, 1.82) is 0 Å². The highest BCUT2D eigenvalue weighted by Crippen LogP contribution is 2.40. The molecule has 3 aliphatic heterocycles. The van der Waals surface area contributed by atoms with Gasteiger partial charge in [0, 0.05) is 75.5 Å². The number of alkyl halides is 1. The van der Waals surface area contributed by atoms with Crippen molar-refractivity contribution < 1.29 is 27.5 Å². The van der Waals surface area contributed by atoms with Crippen LogP contribution in [0.3, 0.4) is 0 Å². The van der Waals surface area contributed by atoms with Crippen LogP contribution in [0.4, 0.5) is 23.7 Å². The minimum absolute atomic E-state index is 0.101. The molecule has 1 aromatic carbocycles. The molecule has 2 saturated heterocycles. The first-order chi connectivity index (χ1) is 20.6. The quantitative estimate of drug-likeness (QED) is 0.459. The molecule has 1 unspecified atom stereocenters. The minimum Gasteiger partial charge on any atom is -0.444 e. The number of ether oxygens (including phenoxy) is 1. The first kappa shape index (κ1) is 32.2. The Morgan fingerprint density at radius 3 is 2.52 bits per heavy atom. The van der Waals surface area contributed by atoms with E-state index in [4.69, 9.17) is 9.72 Å². The second-order valence-electron chi connectivity index (χ2n) is 14.2. The summed E-state index contributed by atoms with van der Waals surface area (Å²) in [6.07, 6.45) is 1.13. The monoisotopic (exact) mass is 615 g/mol. The number of aromatic nitrogens is 1. The number of carbonyl (C=O) groups excluding carboxylic acids is 2. The first-order valence-electron chi connectivity index (χ1n) is 15.4. The Morgan fingerprint density at radius 2 is 1.86 bits per heavy atom. The molecule has 0 N–H and O–H groups in total. The molecular formula is C33H44F3N5O3. The summed E-state index contributed by atoms with van der Waals surface area (Å²) in [5.74, 6) is -1.36. The number of benzene rings is 1. The summed E-state index contributed by atoms with van der Waals surface area (Å²) >= 11 is 0. The third-order valence-electron chi connectivity index (χ3n) is 8.72. The van der Waals surface area contributed by atoms with Crippen molar-refractivity contribution in [2.24, 2.45) is 0 Å². The van der Waals surface area contributed by atoms with Crippen molar-refractivity contribution >= 4 is 17.7 Å². The lowest BCUT2D eigenvalue weighted by Crippen LogP contribution is -2.63. The molecule has 0 saturated carbocycles. The Kier molecular flexibility index (Phi) is 9.01. The summed E-state index contributed by atoms with van der Waals surface area (Å²) < 4.78 is 47.6. The van der Waals surface area contributed by atoms with Gasteiger partial charge in [0.25, 0.3) is 0 Å². The second-order valence-corrected chi connectivity index (χ2v) is 14.2. The summed E-state index contributed by atoms with van der Waals surface area (Å²) in [5, 5.41) is 0. The van der Waals surface area contributed by atoms with Crippen LogP contribution in [0.1, 0.15) is 64.8 Å². The molecule has 0 bridgehead atoms. The van der Waals surface area contributed by atoms with Crippen LogP contribution in [0.5, 0.6) is 0 Å². The average molecular weight is 616 g/mol. The second kappa shape index (κ2) is 12.3. The molecule has 44 heavy (non-hydrogen) atoms. The Balaban J connectivity index is 1.36. The van der Waals surface area contributed by atoms with Crippen LogP contribution in [-0.4, -0.2) is 101 Å². The van der Waals surface area contributed by atoms with E-state index in [2.05, 4.69) is 9.80 Å². The van der Waals surface area contributed by atoms with Crippen LogP contribution in [0.15, 0.2) is 30.5 Å². The zero-order valence-electron chi connectivity index (χ0n) is 26.6. The maximum atomic E-state index is 14.4. The lowest BCUT2D eigenvalue weighted by atomic mass is 9.91. The van der Waals surface area contributed by atoms with E-state index >= 15 is 0 Å². The van der Waals surface area contributed by atoms with E-state index in [9.17, 15) is 22.8 Å². The molecule has 0 aliphatic carbocycles. The number of halogens is 3. The number of pyridine rings is 1. The fourth-order valence-electron chi connectivity index (χ4n) is 6.54. The molecule has 0 spiro atoms. The van der Waals surface area contributed by atoms with Gasteiger partial charge in [-0.2, -0.15) is 0 Å². The van der Waals surface area contributed by atoms with Gasteiger partial charge >= 0.3 is 6.09 Å². The average Bonchev–Trinajstić information content (AvgIpc) is 3.45. The molecule has 3 atom stereocenters. The molecule has 240 valence electrons. The van der Waals surface area contributed by atoms with Crippen LogP contribution >= 0.6 is 0 Å². The number of rotatable bonds is 6. The fraction of sp³-hybridized carbons (Fsp3) is 0.606. The van der Waals surface area contributed by atoms with Gasteiger partial charge < -0.3 is 14.5 Å². The van der Waals surface area contributed by atoms with E-state index in [1.807, 2.05) is 47.6 Å². The van der Waals surface area contributed by atoms with Gasteiger partial charge in [-0.05, 0) is 57.4 Å². The fourth-order valence-corrected chi connectivity index (χ4v) is 6.54.